The minimum absolute atomic E-state index is 0.139. The van der Waals surface area contributed by atoms with E-state index in [0.717, 1.165) is 5.01 Å². The average Bonchev–Trinajstić information content (AvgIpc) is 2.75. The maximum absolute atomic E-state index is 11.6. The Balaban J connectivity index is 2.40. The first-order valence-corrected chi connectivity index (χ1v) is 5.89. The maximum atomic E-state index is 11.6. The van der Waals surface area contributed by atoms with Crippen LogP contribution in [0.1, 0.15) is 18.4 Å². The van der Waals surface area contributed by atoms with Crippen molar-refractivity contribution >= 4 is 23.2 Å². The SMILES string of the molecule is CCN(CC(=O)O)C(=O)CCc1nccs1. The number of aryl methyl sites for hydroxylation is 1. The van der Waals surface area contributed by atoms with Crippen LogP contribution in [-0.2, 0) is 16.0 Å². The summed E-state index contributed by atoms with van der Waals surface area (Å²) in [6, 6.07) is 0. The molecule has 6 heteroatoms. The van der Waals surface area contributed by atoms with Crippen LogP contribution >= 0.6 is 11.3 Å². The summed E-state index contributed by atoms with van der Waals surface area (Å²) in [6.45, 7) is 1.96. The van der Waals surface area contributed by atoms with Crippen LogP contribution in [0.2, 0.25) is 0 Å². The first-order chi connectivity index (χ1) is 7.63. The number of hydrogen-bond acceptors (Lipinski definition) is 4. The van der Waals surface area contributed by atoms with E-state index in [0.29, 0.717) is 19.4 Å². The highest BCUT2D eigenvalue weighted by Crippen LogP contribution is 2.08. The molecule has 0 aliphatic heterocycles. The summed E-state index contributed by atoms with van der Waals surface area (Å²) in [6.07, 6.45) is 2.58. The van der Waals surface area contributed by atoms with Crippen LogP contribution in [0.5, 0.6) is 0 Å². The average molecular weight is 242 g/mol. The lowest BCUT2D eigenvalue weighted by Crippen LogP contribution is -2.35. The zero-order chi connectivity index (χ0) is 12.0. The van der Waals surface area contributed by atoms with Gasteiger partial charge in [-0.2, -0.15) is 0 Å². The Kier molecular flexibility index (Phi) is 4.91. The van der Waals surface area contributed by atoms with Crippen molar-refractivity contribution < 1.29 is 14.7 Å². The van der Waals surface area contributed by atoms with Gasteiger partial charge >= 0.3 is 5.97 Å². The molecule has 1 amide bonds. The van der Waals surface area contributed by atoms with Crippen LogP contribution in [0.15, 0.2) is 11.6 Å². The van der Waals surface area contributed by atoms with Gasteiger partial charge in [-0.25, -0.2) is 4.98 Å². The number of carbonyl (C=O) groups is 2. The zero-order valence-electron chi connectivity index (χ0n) is 9.05. The van der Waals surface area contributed by atoms with Gasteiger partial charge in [-0.15, -0.1) is 11.3 Å². The second-order valence-corrected chi connectivity index (χ2v) is 4.21. The van der Waals surface area contributed by atoms with E-state index in [1.54, 1.807) is 13.1 Å². The van der Waals surface area contributed by atoms with Crippen LogP contribution in [0.3, 0.4) is 0 Å². The summed E-state index contributed by atoms with van der Waals surface area (Å²) in [5.74, 6) is -1.12. The van der Waals surface area contributed by atoms with Crippen molar-refractivity contribution in [1.29, 1.82) is 0 Å². The lowest BCUT2D eigenvalue weighted by Gasteiger charge is -2.17. The third-order valence-corrected chi connectivity index (χ3v) is 2.94. The van der Waals surface area contributed by atoms with Gasteiger partial charge in [-0.05, 0) is 6.92 Å². The second-order valence-electron chi connectivity index (χ2n) is 3.23. The summed E-state index contributed by atoms with van der Waals surface area (Å²) in [4.78, 5) is 27.5. The van der Waals surface area contributed by atoms with Crippen LogP contribution in [-0.4, -0.2) is 40.0 Å². The number of aromatic nitrogens is 1. The molecule has 0 aliphatic carbocycles. The fourth-order valence-electron chi connectivity index (χ4n) is 1.29. The molecule has 0 radical (unpaired) electrons. The van der Waals surface area contributed by atoms with E-state index in [1.165, 1.54) is 16.2 Å². The van der Waals surface area contributed by atoms with Crippen molar-refractivity contribution in [3.8, 4) is 0 Å². The standard InChI is InChI=1S/C10H14N2O3S/c1-2-12(7-10(14)15)9(13)4-3-8-11-5-6-16-8/h5-6H,2-4,7H2,1H3,(H,14,15). The molecule has 1 aromatic rings. The van der Waals surface area contributed by atoms with E-state index in [2.05, 4.69) is 4.98 Å². The van der Waals surface area contributed by atoms with Gasteiger partial charge in [-0.3, -0.25) is 9.59 Å². The molecule has 0 spiro atoms. The van der Waals surface area contributed by atoms with Crippen LogP contribution in [0.25, 0.3) is 0 Å². The van der Waals surface area contributed by atoms with Crippen molar-refractivity contribution in [2.75, 3.05) is 13.1 Å². The second kappa shape index (κ2) is 6.22. The molecule has 1 aromatic heterocycles. The molecule has 0 fully saturated rings. The number of carboxylic acids is 1. The van der Waals surface area contributed by atoms with E-state index in [9.17, 15) is 9.59 Å². The molecule has 0 saturated carbocycles. The molecule has 1 N–H and O–H groups in total. The topological polar surface area (TPSA) is 70.5 Å². The normalized spacial score (nSPS) is 10.1. The largest absolute Gasteiger partial charge is 0.480 e. The minimum Gasteiger partial charge on any atom is -0.480 e. The Morgan fingerprint density at radius 1 is 1.56 bits per heavy atom. The number of likely N-dealkylation sites (N-methyl/N-ethyl adjacent to an activating group) is 1. The molecule has 88 valence electrons. The molecule has 0 unspecified atom stereocenters. The number of carboxylic acid groups (broad SMARTS) is 1. The first-order valence-electron chi connectivity index (χ1n) is 5.01. The monoisotopic (exact) mass is 242 g/mol. The summed E-state index contributed by atoms with van der Waals surface area (Å²) >= 11 is 1.50. The van der Waals surface area contributed by atoms with Gasteiger partial charge in [0, 0.05) is 31.0 Å². The molecule has 0 atom stereocenters. The highest BCUT2D eigenvalue weighted by molar-refractivity contribution is 7.09. The van der Waals surface area contributed by atoms with Crippen molar-refractivity contribution in [1.82, 2.24) is 9.88 Å². The number of carbonyl (C=O) groups excluding carboxylic acids is 1. The summed E-state index contributed by atoms with van der Waals surface area (Å²) in [7, 11) is 0. The number of thiazole rings is 1. The number of hydrogen-bond donors (Lipinski definition) is 1. The Morgan fingerprint density at radius 2 is 2.31 bits per heavy atom. The third kappa shape index (κ3) is 3.98. The lowest BCUT2D eigenvalue weighted by atomic mass is 10.3. The van der Waals surface area contributed by atoms with Crippen molar-refractivity contribution in [2.24, 2.45) is 0 Å². The van der Waals surface area contributed by atoms with E-state index >= 15 is 0 Å². The minimum atomic E-state index is -0.982. The Morgan fingerprint density at radius 3 is 2.81 bits per heavy atom. The summed E-state index contributed by atoms with van der Waals surface area (Å²) in [5, 5.41) is 11.4. The molecular formula is C10H14N2O3S. The fraction of sp³-hybridized carbons (Fsp3) is 0.500. The number of rotatable bonds is 6. The molecule has 0 aromatic carbocycles. The van der Waals surface area contributed by atoms with E-state index in [-0.39, 0.29) is 12.5 Å². The molecule has 0 aliphatic rings. The molecule has 1 heterocycles. The maximum Gasteiger partial charge on any atom is 0.323 e. The van der Waals surface area contributed by atoms with Gasteiger partial charge in [0.05, 0.1) is 5.01 Å². The van der Waals surface area contributed by atoms with E-state index in [1.807, 2.05) is 5.38 Å². The predicted molar refractivity (Wildman–Crippen MR) is 60.3 cm³/mol. The van der Waals surface area contributed by atoms with Crippen molar-refractivity contribution in [3.63, 3.8) is 0 Å². The predicted octanol–water partition coefficient (Wildman–Crippen LogP) is 1.01. The zero-order valence-corrected chi connectivity index (χ0v) is 9.87. The van der Waals surface area contributed by atoms with Gasteiger partial charge in [0.15, 0.2) is 0 Å². The Bertz CT molecular complexity index is 351. The Hall–Kier alpha value is -1.43. The van der Waals surface area contributed by atoms with Gasteiger partial charge in [0.1, 0.15) is 6.54 Å². The van der Waals surface area contributed by atoms with Gasteiger partial charge in [-0.1, -0.05) is 0 Å². The smallest absolute Gasteiger partial charge is 0.323 e. The summed E-state index contributed by atoms with van der Waals surface area (Å²) in [5.41, 5.74) is 0. The first kappa shape index (κ1) is 12.6. The highest BCUT2D eigenvalue weighted by Gasteiger charge is 2.14. The van der Waals surface area contributed by atoms with Gasteiger partial charge in [0.2, 0.25) is 5.91 Å². The molecule has 0 saturated heterocycles. The Labute approximate surface area is 97.7 Å². The quantitative estimate of drug-likeness (QED) is 0.808. The van der Waals surface area contributed by atoms with Crippen LogP contribution in [0, 0.1) is 0 Å². The van der Waals surface area contributed by atoms with E-state index in [4.69, 9.17) is 5.11 Å². The fourth-order valence-corrected chi connectivity index (χ4v) is 1.91. The summed E-state index contributed by atoms with van der Waals surface area (Å²) < 4.78 is 0. The molecule has 1 rings (SSSR count). The van der Waals surface area contributed by atoms with Crippen LogP contribution in [0.4, 0.5) is 0 Å². The molecule has 16 heavy (non-hydrogen) atoms. The molecule has 0 bridgehead atoms. The number of nitrogens with zero attached hydrogens (tertiary/aromatic N) is 2. The lowest BCUT2D eigenvalue weighted by molar-refractivity contribution is -0.144. The number of amides is 1. The number of aliphatic carboxylic acids is 1. The van der Waals surface area contributed by atoms with Gasteiger partial charge in [0.25, 0.3) is 0 Å². The van der Waals surface area contributed by atoms with Crippen molar-refractivity contribution in [3.05, 3.63) is 16.6 Å². The van der Waals surface area contributed by atoms with Crippen LogP contribution < -0.4 is 0 Å². The molecular weight excluding hydrogens is 228 g/mol. The third-order valence-electron chi connectivity index (χ3n) is 2.10. The highest BCUT2D eigenvalue weighted by atomic mass is 32.1. The van der Waals surface area contributed by atoms with E-state index < -0.39 is 5.97 Å². The molecule has 5 nitrogen and oxygen atoms in total. The van der Waals surface area contributed by atoms with Gasteiger partial charge < -0.3 is 10.0 Å². The van der Waals surface area contributed by atoms with Crippen molar-refractivity contribution in [2.45, 2.75) is 19.8 Å².